The van der Waals surface area contributed by atoms with Crippen LogP contribution in [0.25, 0.3) is 0 Å². The summed E-state index contributed by atoms with van der Waals surface area (Å²) >= 11 is 0. The number of rotatable bonds is 7. The third kappa shape index (κ3) is 3.99. The summed E-state index contributed by atoms with van der Waals surface area (Å²) in [6.07, 6.45) is 6.32. The highest BCUT2D eigenvalue weighted by molar-refractivity contribution is 5.49. The Morgan fingerprint density at radius 1 is 1.38 bits per heavy atom. The quantitative estimate of drug-likeness (QED) is 0.676. The van der Waals surface area contributed by atoms with E-state index < -0.39 is 5.60 Å². The number of nitrogens with one attached hydrogen (secondary N) is 1. The molecule has 1 aliphatic rings. The molecule has 0 unspecified atom stereocenters. The smallest absolute Gasteiger partial charge is 0.161 e. The summed E-state index contributed by atoms with van der Waals surface area (Å²) in [5.74, 6) is 0.654. The maximum atomic E-state index is 10.3. The zero-order valence-electron chi connectivity index (χ0n) is 12.7. The molecule has 2 rings (SSSR count). The minimum absolute atomic E-state index is 0.176. The molecule has 3 N–H and O–H groups in total. The number of methoxy groups -OCH3 is 1. The Hall–Kier alpha value is -1.52. The van der Waals surface area contributed by atoms with E-state index in [9.17, 15) is 10.2 Å². The molecule has 0 amide bonds. The Labute approximate surface area is 126 Å². The van der Waals surface area contributed by atoms with Gasteiger partial charge in [0.25, 0.3) is 0 Å². The van der Waals surface area contributed by atoms with Crippen molar-refractivity contribution in [2.45, 2.75) is 44.2 Å². The van der Waals surface area contributed by atoms with Crippen molar-refractivity contribution in [3.63, 3.8) is 0 Å². The van der Waals surface area contributed by atoms with Gasteiger partial charge in [0.1, 0.15) is 0 Å². The first-order valence-corrected chi connectivity index (χ1v) is 7.51. The van der Waals surface area contributed by atoms with Crippen LogP contribution in [0.3, 0.4) is 0 Å². The van der Waals surface area contributed by atoms with E-state index in [0.717, 1.165) is 36.8 Å². The van der Waals surface area contributed by atoms with Crippen LogP contribution in [-0.2, 0) is 13.0 Å². The lowest BCUT2D eigenvalue weighted by atomic mass is 10.0. The summed E-state index contributed by atoms with van der Waals surface area (Å²) in [5.41, 5.74) is 1.29. The maximum absolute atomic E-state index is 10.3. The van der Waals surface area contributed by atoms with E-state index in [1.165, 1.54) is 0 Å². The number of benzene rings is 1. The third-order valence-corrected chi connectivity index (χ3v) is 4.12. The molecule has 0 aliphatic heterocycles. The fraction of sp³-hybridized carbons (Fsp3) is 0.529. The molecule has 0 aromatic heterocycles. The van der Waals surface area contributed by atoms with Gasteiger partial charge in [-0.3, -0.25) is 0 Å². The first-order chi connectivity index (χ1) is 10.1. The minimum atomic E-state index is -0.551. The number of phenols is 1. The van der Waals surface area contributed by atoms with E-state index in [2.05, 4.69) is 11.9 Å². The number of ether oxygens (including phenoxy) is 1. The molecule has 4 nitrogen and oxygen atoms in total. The summed E-state index contributed by atoms with van der Waals surface area (Å²) in [5, 5.41) is 23.7. The van der Waals surface area contributed by atoms with Gasteiger partial charge in [-0.25, -0.2) is 0 Å². The van der Waals surface area contributed by atoms with Crippen LogP contribution in [0, 0.1) is 0 Å². The highest BCUT2D eigenvalue weighted by atomic mass is 16.5. The van der Waals surface area contributed by atoms with Crippen LogP contribution in [-0.4, -0.2) is 29.5 Å². The Morgan fingerprint density at radius 3 is 2.71 bits per heavy atom. The van der Waals surface area contributed by atoms with Crippen LogP contribution in [0.15, 0.2) is 24.8 Å². The van der Waals surface area contributed by atoms with Gasteiger partial charge in [-0.2, -0.15) is 0 Å². The maximum Gasteiger partial charge on any atom is 0.161 e. The Bertz CT molecular complexity index is 493. The Balaban J connectivity index is 2.02. The van der Waals surface area contributed by atoms with E-state index in [0.29, 0.717) is 25.3 Å². The summed E-state index contributed by atoms with van der Waals surface area (Å²) in [4.78, 5) is 0. The predicted octanol–water partition coefficient (Wildman–Crippen LogP) is 2.52. The van der Waals surface area contributed by atoms with Gasteiger partial charge in [-0.15, -0.1) is 6.58 Å². The van der Waals surface area contributed by atoms with Crippen LogP contribution < -0.4 is 10.1 Å². The number of phenolic OH excluding ortho intramolecular Hbond substituents is 1. The predicted molar refractivity (Wildman–Crippen MR) is 83.7 cm³/mol. The highest BCUT2D eigenvalue weighted by Gasteiger charge is 2.30. The summed E-state index contributed by atoms with van der Waals surface area (Å²) in [7, 11) is 1.55. The van der Waals surface area contributed by atoms with Gasteiger partial charge in [0, 0.05) is 18.7 Å². The number of allylic oxidation sites excluding steroid dienone is 1. The molecule has 0 heterocycles. The normalized spacial score (nSPS) is 16.9. The van der Waals surface area contributed by atoms with Gasteiger partial charge in [-0.1, -0.05) is 25.0 Å². The number of hydrogen-bond donors (Lipinski definition) is 3. The second-order valence-corrected chi connectivity index (χ2v) is 5.83. The lowest BCUT2D eigenvalue weighted by Gasteiger charge is -2.22. The van der Waals surface area contributed by atoms with Crippen LogP contribution in [0.5, 0.6) is 11.5 Å². The van der Waals surface area contributed by atoms with Crippen LogP contribution in [0.1, 0.15) is 36.8 Å². The molecular formula is C17H25NO3. The van der Waals surface area contributed by atoms with Gasteiger partial charge in [0.05, 0.1) is 12.7 Å². The van der Waals surface area contributed by atoms with Crippen molar-refractivity contribution in [1.82, 2.24) is 5.32 Å². The number of hydrogen-bond acceptors (Lipinski definition) is 4. The SMILES string of the molecule is C=CCc1cc(CNCC2(O)CCCC2)cc(OC)c1O. The number of aliphatic hydroxyl groups is 1. The van der Waals surface area contributed by atoms with E-state index in [4.69, 9.17) is 4.74 Å². The summed E-state index contributed by atoms with van der Waals surface area (Å²) in [6.45, 7) is 4.95. The monoisotopic (exact) mass is 291 g/mol. The molecule has 1 aromatic carbocycles. The molecule has 0 spiro atoms. The molecule has 1 aromatic rings. The molecule has 0 atom stereocenters. The van der Waals surface area contributed by atoms with Crippen molar-refractivity contribution in [1.29, 1.82) is 0 Å². The molecule has 4 heteroatoms. The first-order valence-electron chi connectivity index (χ1n) is 7.51. The molecule has 0 saturated heterocycles. The second-order valence-electron chi connectivity index (χ2n) is 5.83. The van der Waals surface area contributed by atoms with Gasteiger partial charge in [0.15, 0.2) is 11.5 Å². The summed E-state index contributed by atoms with van der Waals surface area (Å²) in [6, 6.07) is 3.78. The first kappa shape index (κ1) is 15.9. The van der Waals surface area contributed by atoms with E-state index in [1.54, 1.807) is 13.2 Å². The molecule has 1 saturated carbocycles. The summed E-state index contributed by atoms with van der Waals surface area (Å²) < 4.78 is 5.21. The minimum Gasteiger partial charge on any atom is -0.504 e. The molecule has 1 aliphatic carbocycles. The highest BCUT2D eigenvalue weighted by Crippen LogP contribution is 2.32. The Kier molecular flexibility index (Phi) is 5.26. The van der Waals surface area contributed by atoms with E-state index in [1.807, 2.05) is 12.1 Å². The van der Waals surface area contributed by atoms with Gasteiger partial charge in [-0.05, 0) is 30.9 Å². The van der Waals surface area contributed by atoms with Crippen LogP contribution in [0.2, 0.25) is 0 Å². The van der Waals surface area contributed by atoms with Crippen molar-refractivity contribution >= 4 is 0 Å². The second kappa shape index (κ2) is 6.96. The molecule has 0 radical (unpaired) electrons. The number of aromatic hydroxyl groups is 1. The third-order valence-electron chi connectivity index (χ3n) is 4.12. The standard InChI is InChI=1S/C17H25NO3/c1-3-6-14-9-13(10-15(21-2)16(14)19)11-18-12-17(20)7-4-5-8-17/h3,9-10,18-20H,1,4-8,11-12H2,2H3. The zero-order chi connectivity index (χ0) is 15.3. The van der Waals surface area contributed by atoms with Crippen molar-refractivity contribution in [3.8, 4) is 11.5 Å². The average Bonchev–Trinajstić information content (AvgIpc) is 2.89. The molecule has 21 heavy (non-hydrogen) atoms. The Morgan fingerprint density at radius 2 is 2.10 bits per heavy atom. The topological polar surface area (TPSA) is 61.7 Å². The van der Waals surface area contributed by atoms with Crippen LogP contribution >= 0.6 is 0 Å². The zero-order valence-corrected chi connectivity index (χ0v) is 12.7. The fourth-order valence-corrected chi connectivity index (χ4v) is 2.95. The van der Waals surface area contributed by atoms with Crippen LogP contribution in [0.4, 0.5) is 0 Å². The fourth-order valence-electron chi connectivity index (χ4n) is 2.95. The molecule has 1 fully saturated rings. The average molecular weight is 291 g/mol. The lowest BCUT2D eigenvalue weighted by Crippen LogP contribution is -2.37. The largest absolute Gasteiger partial charge is 0.504 e. The lowest BCUT2D eigenvalue weighted by molar-refractivity contribution is 0.0475. The van der Waals surface area contributed by atoms with Gasteiger partial charge >= 0.3 is 0 Å². The van der Waals surface area contributed by atoms with E-state index >= 15 is 0 Å². The molecular weight excluding hydrogens is 266 g/mol. The van der Waals surface area contributed by atoms with E-state index in [-0.39, 0.29) is 5.75 Å². The molecule has 0 bridgehead atoms. The van der Waals surface area contributed by atoms with Gasteiger partial charge in [0.2, 0.25) is 0 Å². The van der Waals surface area contributed by atoms with Crippen molar-refractivity contribution in [2.24, 2.45) is 0 Å². The van der Waals surface area contributed by atoms with Crippen molar-refractivity contribution in [3.05, 3.63) is 35.9 Å². The van der Waals surface area contributed by atoms with Crippen molar-refractivity contribution < 1.29 is 14.9 Å². The van der Waals surface area contributed by atoms with Gasteiger partial charge < -0.3 is 20.3 Å². The van der Waals surface area contributed by atoms with Crippen molar-refractivity contribution in [2.75, 3.05) is 13.7 Å². The molecule has 116 valence electrons.